The van der Waals surface area contributed by atoms with E-state index in [4.69, 9.17) is 0 Å². The lowest BCUT2D eigenvalue weighted by Crippen LogP contribution is -2.19. The molecule has 0 aliphatic rings. The molecule has 0 aliphatic carbocycles. The van der Waals surface area contributed by atoms with Gasteiger partial charge in [0.15, 0.2) is 46.5 Å². The SMILES string of the molecule is O=C(CCCC(=O)Nc1c(F)c(F)c(F)c(F)c1F)Nc1c(F)c(F)c(F)c(F)c1F. The van der Waals surface area contributed by atoms with E-state index in [1.807, 2.05) is 0 Å². The Morgan fingerprint density at radius 2 is 0.677 bits per heavy atom. The number of nitrogens with one attached hydrogen (secondary N) is 2. The van der Waals surface area contributed by atoms with E-state index >= 15 is 0 Å². The highest BCUT2D eigenvalue weighted by atomic mass is 19.2. The number of benzene rings is 2. The zero-order valence-electron chi connectivity index (χ0n) is 14.7. The second-order valence-electron chi connectivity index (χ2n) is 5.84. The van der Waals surface area contributed by atoms with Crippen molar-refractivity contribution in [2.75, 3.05) is 10.6 Å². The standard InChI is InChI=1S/C17H8F10N2O2/c18-6-8(20)12(24)16(13(25)9(6)21)28-4(30)2-1-3-5(31)29-17-14(26)10(22)7(19)11(23)15(17)27/h1-3H2,(H,28,30)(H,29,31). The van der Waals surface area contributed by atoms with Crippen molar-refractivity contribution in [1.82, 2.24) is 0 Å². The van der Waals surface area contributed by atoms with Crippen molar-refractivity contribution in [3.8, 4) is 0 Å². The minimum atomic E-state index is -2.45. The molecule has 0 heterocycles. The molecule has 0 saturated heterocycles. The van der Waals surface area contributed by atoms with Gasteiger partial charge in [0.05, 0.1) is 0 Å². The second-order valence-corrected chi connectivity index (χ2v) is 5.84. The molecule has 31 heavy (non-hydrogen) atoms. The van der Waals surface area contributed by atoms with Crippen LogP contribution in [0.15, 0.2) is 0 Å². The molecule has 14 heteroatoms. The molecule has 4 nitrogen and oxygen atoms in total. The van der Waals surface area contributed by atoms with Crippen LogP contribution < -0.4 is 10.6 Å². The van der Waals surface area contributed by atoms with E-state index in [2.05, 4.69) is 0 Å². The van der Waals surface area contributed by atoms with Crippen molar-refractivity contribution < 1.29 is 53.5 Å². The van der Waals surface area contributed by atoms with Crippen LogP contribution in [0, 0.1) is 58.2 Å². The number of halogens is 10. The average Bonchev–Trinajstić information content (AvgIpc) is 2.74. The minimum Gasteiger partial charge on any atom is -0.321 e. The summed E-state index contributed by atoms with van der Waals surface area (Å²) in [7, 11) is 0. The quantitative estimate of drug-likeness (QED) is 0.367. The Morgan fingerprint density at radius 3 is 0.935 bits per heavy atom. The smallest absolute Gasteiger partial charge is 0.224 e. The van der Waals surface area contributed by atoms with E-state index in [1.54, 1.807) is 0 Å². The van der Waals surface area contributed by atoms with Crippen LogP contribution in [0.3, 0.4) is 0 Å². The fourth-order valence-electron chi connectivity index (χ4n) is 2.24. The van der Waals surface area contributed by atoms with Crippen LogP contribution in [0.1, 0.15) is 19.3 Å². The van der Waals surface area contributed by atoms with Gasteiger partial charge >= 0.3 is 0 Å². The maximum Gasteiger partial charge on any atom is 0.224 e. The molecule has 2 N–H and O–H groups in total. The number of carbonyl (C=O) groups excluding carboxylic acids is 2. The van der Waals surface area contributed by atoms with Gasteiger partial charge in [-0.05, 0) is 6.42 Å². The molecule has 0 radical (unpaired) electrons. The molecule has 2 aromatic carbocycles. The van der Waals surface area contributed by atoms with Crippen LogP contribution in [0.2, 0.25) is 0 Å². The molecule has 0 spiro atoms. The molecule has 2 rings (SSSR count). The van der Waals surface area contributed by atoms with Crippen LogP contribution in [0.4, 0.5) is 55.3 Å². The van der Waals surface area contributed by atoms with Crippen molar-refractivity contribution in [1.29, 1.82) is 0 Å². The highest BCUT2D eigenvalue weighted by Gasteiger charge is 2.28. The van der Waals surface area contributed by atoms with E-state index in [0.29, 0.717) is 0 Å². The number of carbonyl (C=O) groups is 2. The van der Waals surface area contributed by atoms with Crippen LogP contribution in [-0.2, 0) is 9.59 Å². The Hall–Kier alpha value is -3.32. The fraction of sp³-hybridized carbons (Fsp3) is 0.176. The van der Waals surface area contributed by atoms with Crippen molar-refractivity contribution in [2.45, 2.75) is 19.3 Å². The highest BCUT2D eigenvalue weighted by Crippen LogP contribution is 2.28. The molecule has 0 fully saturated rings. The molecule has 168 valence electrons. The first-order valence-corrected chi connectivity index (χ1v) is 8.01. The van der Waals surface area contributed by atoms with Gasteiger partial charge < -0.3 is 10.6 Å². The average molecular weight is 462 g/mol. The van der Waals surface area contributed by atoms with Gasteiger partial charge in [0.25, 0.3) is 0 Å². The number of rotatable bonds is 6. The molecule has 0 bridgehead atoms. The van der Waals surface area contributed by atoms with E-state index in [1.165, 1.54) is 10.6 Å². The first kappa shape index (κ1) is 24.0. The van der Waals surface area contributed by atoms with Gasteiger partial charge in [0, 0.05) is 12.8 Å². The zero-order chi connectivity index (χ0) is 23.6. The summed E-state index contributed by atoms with van der Waals surface area (Å²) in [5.41, 5.74) is -3.26. The lowest BCUT2D eigenvalue weighted by molar-refractivity contribution is -0.117. The van der Waals surface area contributed by atoms with E-state index < -0.39 is 101 Å². The third-order valence-corrected chi connectivity index (χ3v) is 3.76. The molecule has 2 aromatic rings. The third-order valence-electron chi connectivity index (χ3n) is 3.76. The summed E-state index contributed by atoms with van der Waals surface area (Å²) < 4.78 is 132. The van der Waals surface area contributed by atoms with Crippen LogP contribution >= 0.6 is 0 Å². The van der Waals surface area contributed by atoms with Crippen molar-refractivity contribution in [3.05, 3.63) is 58.2 Å². The first-order valence-electron chi connectivity index (χ1n) is 8.01. The normalized spacial score (nSPS) is 10.9. The van der Waals surface area contributed by atoms with E-state index in [0.717, 1.165) is 0 Å². The molecule has 0 aromatic heterocycles. The number of hydrogen-bond donors (Lipinski definition) is 2. The Balaban J connectivity index is 2.00. The summed E-state index contributed by atoms with van der Waals surface area (Å²) in [6, 6.07) is 0. The molecule has 0 saturated carbocycles. The zero-order valence-corrected chi connectivity index (χ0v) is 14.7. The van der Waals surface area contributed by atoms with Crippen molar-refractivity contribution in [3.63, 3.8) is 0 Å². The fourth-order valence-corrected chi connectivity index (χ4v) is 2.24. The summed E-state index contributed by atoms with van der Waals surface area (Å²) in [5, 5.41) is 2.84. The summed E-state index contributed by atoms with van der Waals surface area (Å²) in [4.78, 5) is 23.2. The predicted octanol–water partition coefficient (Wildman–Crippen LogP) is 4.83. The highest BCUT2D eigenvalue weighted by molar-refractivity contribution is 5.93. The minimum absolute atomic E-state index is 0.498. The van der Waals surface area contributed by atoms with Crippen LogP contribution in [-0.4, -0.2) is 11.8 Å². The lowest BCUT2D eigenvalue weighted by atomic mass is 10.2. The Morgan fingerprint density at radius 1 is 0.452 bits per heavy atom. The van der Waals surface area contributed by atoms with Gasteiger partial charge in [0.1, 0.15) is 11.4 Å². The summed E-state index contributed by atoms with van der Waals surface area (Å²) in [6.45, 7) is 0. The Kier molecular flexibility index (Phi) is 7.13. The molecule has 0 unspecified atom stereocenters. The predicted molar refractivity (Wildman–Crippen MR) is 83.6 cm³/mol. The van der Waals surface area contributed by atoms with Gasteiger partial charge in [-0.25, -0.2) is 43.9 Å². The number of anilines is 2. The van der Waals surface area contributed by atoms with E-state index in [9.17, 15) is 53.5 Å². The molecule has 0 atom stereocenters. The summed E-state index contributed by atoms with van der Waals surface area (Å²) in [5.74, 6) is -26.0. The number of hydrogen-bond acceptors (Lipinski definition) is 2. The Labute approximate surface area is 165 Å². The third kappa shape index (κ3) is 4.72. The largest absolute Gasteiger partial charge is 0.321 e. The van der Waals surface area contributed by atoms with Crippen molar-refractivity contribution >= 4 is 23.2 Å². The molecule has 0 aliphatic heterocycles. The summed E-state index contributed by atoms with van der Waals surface area (Å²) in [6.07, 6.45) is -1.99. The number of amides is 2. The maximum atomic E-state index is 13.5. The maximum absolute atomic E-state index is 13.5. The Bertz CT molecular complexity index is 932. The topological polar surface area (TPSA) is 58.2 Å². The molecular weight excluding hydrogens is 454 g/mol. The van der Waals surface area contributed by atoms with Gasteiger partial charge in [-0.15, -0.1) is 0 Å². The second kappa shape index (κ2) is 9.22. The van der Waals surface area contributed by atoms with Crippen LogP contribution in [0.5, 0.6) is 0 Å². The van der Waals surface area contributed by atoms with Gasteiger partial charge in [-0.1, -0.05) is 0 Å². The van der Waals surface area contributed by atoms with Gasteiger partial charge in [0.2, 0.25) is 23.4 Å². The lowest BCUT2D eigenvalue weighted by Gasteiger charge is -2.11. The van der Waals surface area contributed by atoms with E-state index in [-0.39, 0.29) is 0 Å². The van der Waals surface area contributed by atoms with Crippen molar-refractivity contribution in [2.24, 2.45) is 0 Å². The summed E-state index contributed by atoms with van der Waals surface area (Å²) >= 11 is 0. The monoisotopic (exact) mass is 462 g/mol. The van der Waals surface area contributed by atoms with Gasteiger partial charge in [-0.2, -0.15) is 0 Å². The first-order chi connectivity index (χ1) is 14.4. The van der Waals surface area contributed by atoms with Gasteiger partial charge in [-0.3, -0.25) is 9.59 Å². The molecular formula is C17H8F10N2O2. The molecule has 2 amide bonds. The van der Waals surface area contributed by atoms with Crippen LogP contribution in [0.25, 0.3) is 0 Å².